The first-order chi connectivity index (χ1) is 17.0. The molecule has 35 heavy (non-hydrogen) atoms. The maximum Gasteiger partial charge on any atom is 0.227 e. The first-order valence-corrected chi connectivity index (χ1v) is 11.9. The zero-order valence-corrected chi connectivity index (χ0v) is 19.6. The molecule has 3 aromatic carbocycles. The summed E-state index contributed by atoms with van der Waals surface area (Å²) in [6.07, 6.45) is 0.501. The molecule has 0 unspecified atom stereocenters. The lowest BCUT2D eigenvalue weighted by molar-refractivity contribution is -0.117. The zero-order valence-electron chi connectivity index (χ0n) is 19.6. The van der Waals surface area contributed by atoms with Crippen molar-refractivity contribution in [2.24, 2.45) is 0 Å². The molecule has 1 saturated heterocycles. The number of imidazole rings is 1. The SMILES string of the molecule is CCc1ccc(OC[C@@H](O)Cn2c([C@H]3CC(=O)N(c4ccc(F)cc4)C3)nc3ccccc32)cc1. The van der Waals surface area contributed by atoms with Gasteiger partial charge in [0.1, 0.15) is 30.1 Å². The molecule has 2 atom stereocenters. The van der Waals surface area contributed by atoms with Crippen molar-refractivity contribution < 1.29 is 19.0 Å². The number of anilines is 1. The Morgan fingerprint density at radius 2 is 1.83 bits per heavy atom. The highest BCUT2D eigenvalue weighted by molar-refractivity contribution is 5.96. The van der Waals surface area contributed by atoms with Gasteiger partial charge < -0.3 is 19.3 Å². The molecule has 1 aliphatic rings. The van der Waals surface area contributed by atoms with Gasteiger partial charge in [-0.05, 0) is 60.5 Å². The number of hydrogen-bond acceptors (Lipinski definition) is 4. The van der Waals surface area contributed by atoms with E-state index in [9.17, 15) is 14.3 Å². The molecular formula is C28H28FN3O3. The highest BCUT2D eigenvalue weighted by atomic mass is 19.1. The molecular weight excluding hydrogens is 445 g/mol. The van der Waals surface area contributed by atoms with Gasteiger partial charge in [0.15, 0.2) is 0 Å². The number of fused-ring (bicyclic) bond motifs is 1. The van der Waals surface area contributed by atoms with Crippen molar-refractivity contribution in [3.05, 3.63) is 90.0 Å². The summed E-state index contributed by atoms with van der Waals surface area (Å²) in [5.41, 5.74) is 3.62. The minimum atomic E-state index is -0.762. The molecule has 2 heterocycles. The van der Waals surface area contributed by atoms with Crippen LogP contribution in [0, 0.1) is 5.82 Å². The highest BCUT2D eigenvalue weighted by Crippen LogP contribution is 2.33. The summed E-state index contributed by atoms with van der Waals surface area (Å²) < 4.78 is 21.2. The van der Waals surface area contributed by atoms with Crippen molar-refractivity contribution in [2.45, 2.75) is 38.3 Å². The van der Waals surface area contributed by atoms with Crippen molar-refractivity contribution in [1.29, 1.82) is 0 Å². The van der Waals surface area contributed by atoms with Crippen LogP contribution in [0.3, 0.4) is 0 Å². The Morgan fingerprint density at radius 1 is 1.09 bits per heavy atom. The molecule has 6 nitrogen and oxygen atoms in total. The van der Waals surface area contributed by atoms with Crippen LogP contribution in [0.2, 0.25) is 0 Å². The lowest BCUT2D eigenvalue weighted by Crippen LogP contribution is -2.26. The number of halogens is 1. The van der Waals surface area contributed by atoms with E-state index in [1.54, 1.807) is 17.0 Å². The lowest BCUT2D eigenvalue weighted by Gasteiger charge is -2.19. The molecule has 180 valence electrons. The van der Waals surface area contributed by atoms with Crippen molar-refractivity contribution in [2.75, 3.05) is 18.1 Å². The highest BCUT2D eigenvalue weighted by Gasteiger charge is 2.35. The number of aryl methyl sites for hydroxylation is 1. The summed E-state index contributed by atoms with van der Waals surface area (Å²) in [4.78, 5) is 19.3. The normalized spacial score (nSPS) is 16.7. The third kappa shape index (κ3) is 4.91. The standard InChI is InChI=1S/C28H28FN3O3/c1-2-19-7-13-24(14-8-19)35-18-23(33)17-32-26-6-4-3-5-25(26)30-28(32)20-15-27(34)31(16-20)22-11-9-21(29)10-12-22/h3-14,20,23,33H,2,15-18H2,1H3/t20-,23-/m0/s1. The fourth-order valence-corrected chi connectivity index (χ4v) is 4.63. The third-order valence-electron chi connectivity index (χ3n) is 6.48. The lowest BCUT2D eigenvalue weighted by atomic mass is 10.1. The molecule has 1 aromatic heterocycles. The quantitative estimate of drug-likeness (QED) is 0.403. The van der Waals surface area contributed by atoms with E-state index in [2.05, 4.69) is 6.92 Å². The second kappa shape index (κ2) is 9.88. The molecule has 1 amide bonds. The molecule has 4 aromatic rings. The average molecular weight is 474 g/mol. The van der Waals surface area contributed by atoms with Gasteiger partial charge in [-0.25, -0.2) is 9.37 Å². The van der Waals surface area contributed by atoms with E-state index in [1.807, 2.05) is 53.1 Å². The molecule has 0 saturated carbocycles. The number of hydrogen-bond donors (Lipinski definition) is 1. The van der Waals surface area contributed by atoms with E-state index in [4.69, 9.17) is 9.72 Å². The number of para-hydroxylation sites is 2. The number of benzene rings is 3. The van der Waals surface area contributed by atoms with Crippen LogP contribution in [0.5, 0.6) is 5.75 Å². The van der Waals surface area contributed by atoms with Gasteiger partial charge >= 0.3 is 0 Å². The number of rotatable bonds is 8. The number of amides is 1. The minimum Gasteiger partial charge on any atom is -0.491 e. The van der Waals surface area contributed by atoms with Gasteiger partial charge in [-0.2, -0.15) is 0 Å². The van der Waals surface area contributed by atoms with E-state index in [0.29, 0.717) is 30.9 Å². The summed E-state index contributed by atoms with van der Waals surface area (Å²) in [5.74, 6) is 0.967. The fourth-order valence-electron chi connectivity index (χ4n) is 4.63. The first-order valence-electron chi connectivity index (χ1n) is 11.9. The molecule has 1 N–H and O–H groups in total. The van der Waals surface area contributed by atoms with Gasteiger partial charge in [0.05, 0.1) is 17.6 Å². The number of carbonyl (C=O) groups excluding carboxylic acids is 1. The maximum absolute atomic E-state index is 13.4. The van der Waals surface area contributed by atoms with Crippen molar-refractivity contribution in [3.63, 3.8) is 0 Å². The predicted molar refractivity (Wildman–Crippen MR) is 133 cm³/mol. The van der Waals surface area contributed by atoms with E-state index in [-0.39, 0.29) is 24.2 Å². The van der Waals surface area contributed by atoms with Gasteiger partial charge in [-0.1, -0.05) is 31.2 Å². The van der Waals surface area contributed by atoms with E-state index >= 15 is 0 Å². The monoisotopic (exact) mass is 473 g/mol. The van der Waals surface area contributed by atoms with Crippen molar-refractivity contribution in [3.8, 4) is 5.75 Å². The van der Waals surface area contributed by atoms with Crippen LogP contribution in [-0.4, -0.2) is 39.8 Å². The largest absolute Gasteiger partial charge is 0.491 e. The molecule has 0 spiro atoms. The summed E-state index contributed by atoms with van der Waals surface area (Å²) in [7, 11) is 0. The molecule has 1 fully saturated rings. The van der Waals surface area contributed by atoms with Gasteiger partial charge in [0.2, 0.25) is 5.91 Å². The number of aliphatic hydroxyl groups is 1. The molecule has 0 bridgehead atoms. The summed E-state index contributed by atoms with van der Waals surface area (Å²) in [6, 6.07) is 21.6. The summed E-state index contributed by atoms with van der Waals surface area (Å²) in [6.45, 7) is 2.99. The van der Waals surface area contributed by atoms with Gasteiger partial charge in [0.25, 0.3) is 0 Å². The Balaban J connectivity index is 1.35. The number of aromatic nitrogens is 2. The summed E-state index contributed by atoms with van der Waals surface area (Å²) in [5, 5.41) is 10.8. The van der Waals surface area contributed by atoms with Gasteiger partial charge in [-0.15, -0.1) is 0 Å². The van der Waals surface area contributed by atoms with Crippen LogP contribution in [-0.2, 0) is 17.8 Å². The Bertz CT molecular complexity index is 1320. The van der Waals surface area contributed by atoms with Crippen molar-refractivity contribution >= 4 is 22.6 Å². The van der Waals surface area contributed by atoms with Crippen LogP contribution in [0.4, 0.5) is 10.1 Å². The van der Waals surface area contributed by atoms with E-state index < -0.39 is 6.10 Å². The molecule has 5 rings (SSSR count). The Kier molecular flexibility index (Phi) is 6.51. The zero-order chi connectivity index (χ0) is 24.4. The second-order valence-electron chi connectivity index (χ2n) is 8.91. The number of aliphatic hydroxyl groups excluding tert-OH is 1. The summed E-state index contributed by atoms with van der Waals surface area (Å²) >= 11 is 0. The van der Waals surface area contributed by atoms with Crippen LogP contribution >= 0.6 is 0 Å². The third-order valence-corrected chi connectivity index (χ3v) is 6.48. The average Bonchev–Trinajstić information content (AvgIpc) is 3.44. The maximum atomic E-state index is 13.4. The Morgan fingerprint density at radius 3 is 2.57 bits per heavy atom. The number of nitrogens with zero attached hydrogens (tertiary/aromatic N) is 3. The van der Waals surface area contributed by atoms with E-state index in [0.717, 1.165) is 23.3 Å². The fraction of sp³-hybridized carbons (Fsp3) is 0.286. The number of ether oxygens (including phenoxy) is 1. The Hall–Kier alpha value is -3.71. The van der Waals surface area contributed by atoms with Crippen LogP contribution in [0.15, 0.2) is 72.8 Å². The topological polar surface area (TPSA) is 67.6 Å². The van der Waals surface area contributed by atoms with Crippen LogP contribution in [0.25, 0.3) is 11.0 Å². The Labute approximate surface area is 203 Å². The van der Waals surface area contributed by atoms with Gasteiger partial charge in [-0.3, -0.25) is 4.79 Å². The first kappa shape index (κ1) is 23.1. The molecule has 7 heteroatoms. The molecule has 0 radical (unpaired) electrons. The van der Waals surface area contributed by atoms with E-state index in [1.165, 1.54) is 17.7 Å². The van der Waals surface area contributed by atoms with Crippen molar-refractivity contribution in [1.82, 2.24) is 9.55 Å². The molecule has 1 aliphatic heterocycles. The van der Waals surface area contributed by atoms with Crippen LogP contribution < -0.4 is 9.64 Å². The minimum absolute atomic E-state index is 0.0281. The van der Waals surface area contributed by atoms with Crippen LogP contribution in [0.1, 0.15) is 30.7 Å². The predicted octanol–water partition coefficient (Wildman–Crippen LogP) is 4.70. The van der Waals surface area contributed by atoms with Gasteiger partial charge in [0, 0.05) is 24.6 Å². The molecule has 0 aliphatic carbocycles. The smallest absolute Gasteiger partial charge is 0.227 e. The second-order valence-corrected chi connectivity index (χ2v) is 8.91. The number of carbonyl (C=O) groups is 1.